The van der Waals surface area contributed by atoms with Crippen molar-refractivity contribution in [1.82, 2.24) is 10.2 Å². The minimum absolute atomic E-state index is 0.142. The van der Waals surface area contributed by atoms with Crippen LogP contribution in [0.1, 0.15) is 47.7 Å². The summed E-state index contributed by atoms with van der Waals surface area (Å²) < 4.78 is 0. The van der Waals surface area contributed by atoms with E-state index in [-0.39, 0.29) is 30.7 Å². The van der Waals surface area contributed by atoms with Gasteiger partial charge in [0, 0.05) is 25.1 Å². The zero-order valence-electron chi connectivity index (χ0n) is 13.7. The van der Waals surface area contributed by atoms with Crippen molar-refractivity contribution in [3.8, 4) is 0 Å². The molecule has 128 valence electrons. The first kappa shape index (κ1) is 16.6. The molecule has 2 atom stereocenters. The van der Waals surface area contributed by atoms with Gasteiger partial charge in [-0.3, -0.25) is 19.7 Å². The van der Waals surface area contributed by atoms with Gasteiger partial charge in [0.05, 0.1) is 0 Å². The predicted octanol–water partition coefficient (Wildman–Crippen LogP) is 1.01. The van der Waals surface area contributed by atoms with Gasteiger partial charge in [0.2, 0.25) is 11.8 Å². The Morgan fingerprint density at radius 2 is 2.12 bits per heavy atom. The fourth-order valence-electron chi connectivity index (χ4n) is 3.54. The Labute approximate surface area is 140 Å². The third-order valence-electron chi connectivity index (χ3n) is 4.87. The second-order valence-corrected chi connectivity index (χ2v) is 6.66. The van der Waals surface area contributed by atoms with Crippen molar-refractivity contribution in [3.05, 3.63) is 34.9 Å². The van der Waals surface area contributed by atoms with E-state index in [1.807, 2.05) is 12.1 Å². The number of hydrogen-bond donors (Lipinski definition) is 2. The van der Waals surface area contributed by atoms with Crippen molar-refractivity contribution in [2.24, 2.45) is 5.92 Å². The molecule has 6 nitrogen and oxygen atoms in total. The van der Waals surface area contributed by atoms with Gasteiger partial charge < -0.3 is 10.0 Å². The first-order valence-electron chi connectivity index (χ1n) is 8.37. The molecule has 3 rings (SSSR count). The van der Waals surface area contributed by atoms with E-state index in [1.54, 1.807) is 11.0 Å². The summed E-state index contributed by atoms with van der Waals surface area (Å²) in [5.41, 5.74) is 2.71. The number of hydrogen-bond acceptors (Lipinski definition) is 4. The van der Waals surface area contributed by atoms with Crippen molar-refractivity contribution in [2.45, 2.75) is 45.2 Å². The third kappa shape index (κ3) is 3.06. The average molecular weight is 330 g/mol. The summed E-state index contributed by atoms with van der Waals surface area (Å²) in [5.74, 6) is -0.487. The van der Waals surface area contributed by atoms with Crippen LogP contribution in [0.2, 0.25) is 0 Å². The number of benzene rings is 1. The van der Waals surface area contributed by atoms with Crippen LogP contribution in [0.4, 0.5) is 0 Å². The summed E-state index contributed by atoms with van der Waals surface area (Å²) in [5, 5.41) is 11.4. The van der Waals surface area contributed by atoms with Crippen molar-refractivity contribution in [3.63, 3.8) is 0 Å². The lowest BCUT2D eigenvalue weighted by atomic mass is 9.93. The van der Waals surface area contributed by atoms with Crippen LogP contribution in [0.15, 0.2) is 18.2 Å². The Morgan fingerprint density at radius 1 is 1.33 bits per heavy atom. The number of carbonyl (C=O) groups is 3. The smallest absolute Gasteiger partial charge is 0.255 e. The number of aliphatic hydroxyl groups excluding tert-OH is 1. The largest absolute Gasteiger partial charge is 0.396 e. The predicted molar refractivity (Wildman–Crippen MR) is 87.1 cm³/mol. The lowest BCUT2D eigenvalue weighted by molar-refractivity contribution is -0.136. The van der Waals surface area contributed by atoms with E-state index in [0.29, 0.717) is 30.9 Å². The second kappa shape index (κ2) is 6.73. The number of carbonyl (C=O) groups excluding carboxylic acids is 3. The average Bonchev–Trinajstić information content (AvgIpc) is 2.86. The molecule has 0 spiro atoms. The second-order valence-electron chi connectivity index (χ2n) is 6.66. The molecule has 1 aromatic rings. The highest BCUT2D eigenvalue weighted by Crippen LogP contribution is 2.31. The van der Waals surface area contributed by atoms with Crippen LogP contribution in [0, 0.1) is 5.92 Å². The number of fused-ring (bicyclic) bond motifs is 1. The lowest BCUT2D eigenvalue weighted by Crippen LogP contribution is -2.52. The molecule has 0 saturated carbocycles. The molecule has 1 saturated heterocycles. The molecule has 3 amide bonds. The molecule has 6 heteroatoms. The molecule has 1 aromatic carbocycles. The molecule has 2 heterocycles. The number of amides is 3. The van der Waals surface area contributed by atoms with Crippen LogP contribution in [0.3, 0.4) is 0 Å². The molecule has 0 aliphatic carbocycles. The highest BCUT2D eigenvalue weighted by Gasteiger charge is 2.39. The van der Waals surface area contributed by atoms with Gasteiger partial charge in [-0.2, -0.15) is 0 Å². The number of nitrogens with one attached hydrogen (secondary N) is 1. The molecular formula is C18H22N2O4. The van der Waals surface area contributed by atoms with Gasteiger partial charge in [-0.15, -0.1) is 0 Å². The first-order chi connectivity index (χ1) is 11.5. The molecule has 0 radical (unpaired) electrons. The molecule has 1 unspecified atom stereocenters. The minimum Gasteiger partial charge on any atom is -0.396 e. The summed E-state index contributed by atoms with van der Waals surface area (Å²) in [7, 11) is 0. The van der Waals surface area contributed by atoms with E-state index in [1.165, 1.54) is 0 Å². The lowest BCUT2D eigenvalue weighted by Gasteiger charge is -2.29. The zero-order chi connectivity index (χ0) is 17.3. The summed E-state index contributed by atoms with van der Waals surface area (Å²) in [6.45, 7) is 2.63. The van der Waals surface area contributed by atoms with E-state index in [0.717, 1.165) is 17.5 Å². The molecule has 2 aliphatic rings. The van der Waals surface area contributed by atoms with E-state index in [4.69, 9.17) is 5.11 Å². The molecule has 2 aliphatic heterocycles. The number of rotatable bonds is 5. The Kier molecular flexibility index (Phi) is 4.66. The van der Waals surface area contributed by atoms with Gasteiger partial charge in [0.25, 0.3) is 5.91 Å². The van der Waals surface area contributed by atoms with Crippen molar-refractivity contribution >= 4 is 17.7 Å². The Morgan fingerprint density at radius 3 is 2.83 bits per heavy atom. The molecule has 1 fully saturated rings. The molecule has 24 heavy (non-hydrogen) atoms. The number of piperidine rings is 1. The Hall–Kier alpha value is -2.21. The standard InChI is InChI=1S/C18H22N2O4/c1-11(7-8-21)9-12-3-2-4-13-14(12)10-20(18(13)24)15-5-6-16(22)19-17(15)23/h2-4,11,15,21H,5-10H2,1H3,(H,19,22,23)/t11-,15?/m0/s1. The fourth-order valence-corrected chi connectivity index (χ4v) is 3.54. The van der Waals surface area contributed by atoms with E-state index in [2.05, 4.69) is 12.2 Å². The van der Waals surface area contributed by atoms with Crippen LogP contribution in [-0.4, -0.2) is 40.4 Å². The summed E-state index contributed by atoms with van der Waals surface area (Å²) in [4.78, 5) is 37.7. The van der Waals surface area contributed by atoms with Crippen LogP contribution < -0.4 is 5.32 Å². The molecule has 2 N–H and O–H groups in total. The third-order valence-corrected chi connectivity index (χ3v) is 4.87. The van der Waals surface area contributed by atoms with Gasteiger partial charge in [-0.1, -0.05) is 19.1 Å². The maximum absolute atomic E-state index is 12.7. The van der Waals surface area contributed by atoms with Crippen LogP contribution in [0.5, 0.6) is 0 Å². The molecule has 0 bridgehead atoms. The van der Waals surface area contributed by atoms with Crippen LogP contribution in [-0.2, 0) is 22.6 Å². The van der Waals surface area contributed by atoms with Gasteiger partial charge in [0.1, 0.15) is 6.04 Å². The van der Waals surface area contributed by atoms with Gasteiger partial charge in [-0.05, 0) is 42.4 Å². The van der Waals surface area contributed by atoms with E-state index in [9.17, 15) is 14.4 Å². The van der Waals surface area contributed by atoms with Crippen molar-refractivity contribution in [1.29, 1.82) is 0 Å². The molecule has 0 aromatic heterocycles. The normalized spacial score (nSPS) is 21.7. The minimum atomic E-state index is -0.578. The Balaban J connectivity index is 1.82. The van der Waals surface area contributed by atoms with Crippen molar-refractivity contribution < 1.29 is 19.5 Å². The number of aliphatic hydroxyl groups is 1. The number of nitrogens with zero attached hydrogens (tertiary/aromatic N) is 1. The van der Waals surface area contributed by atoms with E-state index >= 15 is 0 Å². The maximum Gasteiger partial charge on any atom is 0.255 e. The SMILES string of the molecule is C[C@@H](CCO)Cc1cccc2c1CN(C1CCC(=O)NC1=O)C2=O. The number of imide groups is 1. The highest BCUT2D eigenvalue weighted by molar-refractivity contribution is 6.05. The summed E-state index contributed by atoms with van der Waals surface area (Å²) in [6.07, 6.45) is 2.15. The monoisotopic (exact) mass is 330 g/mol. The summed E-state index contributed by atoms with van der Waals surface area (Å²) >= 11 is 0. The van der Waals surface area contributed by atoms with E-state index < -0.39 is 6.04 Å². The van der Waals surface area contributed by atoms with Gasteiger partial charge in [-0.25, -0.2) is 0 Å². The maximum atomic E-state index is 12.7. The van der Waals surface area contributed by atoms with Gasteiger partial charge in [0.15, 0.2) is 0 Å². The zero-order valence-corrected chi connectivity index (χ0v) is 13.7. The summed E-state index contributed by atoms with van der Waals surface area (Å²) in [6, 6.07) is 5.09. The van der Waals surface area contributed by atoms with Crippen LogP contribution in [0.25, 0.3) is 0 Å². The Bertz CT molecular complexity index is 686. The quantitative estimate of drug-likeness (QED) is 0.789. The fraction of sp³-hybridized carbons (Fsp3) is 0.500. The van der Waals surface area contributed by atoms with Gasteiger partial charge >= 0.3 is 0 Å². The topological polar surface area (TPSA) is 86.7 Å². The highest BCUT2D eigenvalue weighted by atomic mass is 16.3. The first-order valence-corrected chi connectivity index (χ1v) is 8.37. The van der Waals surface area contributed by atoms with Crippen LogP contribution >= 0.6 is 0 Å². The van der Waals surface area contributed by atoms with Crippen molar-refractivity contribution in [2.75, 3.05) is 6.61 Å². The molecular weight excluding hydrogens is 308 g/mol.